The van der Waals surface area contributed by atoms with Crippen molar-refractivity contribution >= 4 is 23.6 Å². The van der Waals surface area contributed by atoms with Gasteiger partial charge in [0.2, 0.25) is 5.91 Å². The number of para-hydroxylation sites is 1. The Morgan fingerprint density at radius 3 is 2.81 bits per heavy atom. The number of nitrogens with one attached hydrogen (secondary N) is 2. The minimum atomic E-state index is -0.763. The second-order valence-corrected chi connectivity index (χ2v) is 7.39. The van der Waals surface area contributed by atoms with E-state index < -0.39 is 29.8 Å². The first-order chi connectivity index (χ1) is 15.4. The quantitative estimate of drug-likeness (QED) is 0.675. The molecule has 9 heteroatoms. The third-order valence-corrected chi connectivity index (χ3v) is 5.29. The molecule has 2 aromatic rings. The topological polar surface area (TPSA) is 97.0 Å². The Morgan fingerprint density at radius 2 is 2.06 bits per heavy atom. The van der Waals surface area contributed by atoms with Crippen LogP contribution in [-0.2, 0) is 14.3 Å². The van der Waals surface area contributed by atoms with E-state index >= 15 is 0 Å². The maximum absolute atomic E-state index is 13.8. The van der Waals surface area contributed by atoms with Gasteiger partial charge in [0.15, 0.2) is 0 Å². The Morgan fingerprint density at radius 1 is 1.28 bits per heavy atom. The number of ether oxygens (including phenoxy) is 2. The van der Waals surface area contributed by atoms with E-state index in [0.29, 0.717) is 29.2 Å². The van der Waals surface area contributed by atoms with Crippen molar-refractivity contribution in [2.75, 3.05) is 25.1 Å². The van der Waals surface area contributed by atoms with Crippen LogP contribution in [0.3, 0.4) is 0 Å². The van der Waals surface area contributed by atoms with Crippen LogP contribution in [0.1, 0.15) is 24.1 Å². The third kappa shape index (κ3) is 4.01. The van der Waals surface area contributed by atoms with Gasteiger partial charge >= 0.3 is 12.0 Å². The molecule has 32 heavy (non-hydrogen) atoms. The molecule has 0 spiro atoms. The number of anilines is 1. The molecule has 2 aliphatic heterocycles. The van der Waals surface area contributed by atoms with Crippen LogP contribution in [0.25, 0.3) is 0 Å². The zero-order chi connectivity index (χ0) is 22.8. The van der Waals surface area contributed by atoms with Gasteiger partial charge in [-0.25, -0.2) is 14.0 Å². The number of rotatable bonds is 6. The molecule has 0 aromatic heterocycles. The number of hydrogen-bond donors (Lipinski definition) is 2. The number of cyclic esters (lactones) is 1. The van der Waals surface area contributed by atoms with Crippen LogP contribution in [0.15, 0.2) is 53.7 Å². The summed E-state index contributed by atoms with van der Waals surface area (Å²) in [6.45, 7) is 3.38. The third-order valence-electron chi connectivity index (χ3n) is 5.29. The molecular formula is C23H22FN3O5. The van der Waals surface area contributed by atoms with Gasteiger partial charge in [0.1, 0.15) is 24.7 Å². The fourth-order valence-corrected chi connectivity index (χ4v) is 3.73. The highest BCUT2D eigenvalue weighted by atomic mass is 19.1. The highest BCUT2D eigenvalue weighted by molar-refractivity contribution is 6.00. The standard InChI is InChI=1S/C23H22FN3O5/c1-3-31-18-7-5-4-6-15(18)21-20-17(12-32-22(20)29)27(23(30)26-21)11-19(28)25-14-9-8-13(2)16(24)10-14/h4-10,21H,3,11-12H2,1-2H3,(H,25,28)(H,26,30)/t21-/m0/s1. The molecule has 0 saturated carbocycles. The number of halogens is 1. The van der Waals surface area contributed by atoms with Crippen molar-refractivity contribution in [3.8, 4) is 5.75 Å². The summed E-state index contributed by atoms with van der Waals surface area (Å²) in [7, 11) is 0. The highest BCUT2D eigenvalue weighted by Gasteiger charge is 2.43. The molecule has 2 N–H and O–H groups in total. The lowest BCUT2D eigenvalue weighted by molar-refractivity contribution is -0.136. The van der Waals surface area contributed by atoms with Crippen LogP contribution >= 0.6 is 0 Å². The van der Waals surface area contributed by atoms with Gasteiger partial charge in [-0.15, -0.1) is 0 Å². The fraction of sp³-hybridized carbons (Fsp3) is 0.261. The molecule has 0 radical (unpaired) electrons. The smallest absolute Gasteiger partial charge is 0.338 e. The van der Waals surface area contributed by atoms with E-state index in [4.69, 9.17) is 9.47 Å². The van der Waals surface area contributed by atoms with E-state index in [1.165, 1.54) is 11.0 Å². The largest absolute Gasteiger partial charge is 0.494 e. The summed E-state index contributed by atoms with van der Waals surface area (Å²) in [6, 6.07) is 10.1. The number of hydrogen-bond acceptors (Lipinski definition) is 5. The van der Waals surface area contributed by atoms with Crippen molar-refractivity contribution in [3.05, 3.63) is 70.7 Å². The van der Waals surface area contributed by atoms with Gasteiger partial charge < -0.3 is 20.1 Å². The molecule has 1 atom stereocenters. The van der Waals surface area contributed by atoms with Crippen LogP contribution in [0.4, 0.5) is 14.9 Å². The van der Waals surface area contributed by atoms with Gasteiger partial charge in [-0.2, -0.15) is 0 Å². The maximum atomic E-state index is 13.8. The van der Waals surface area contributed by atoms with E-state index in [0.717, 1.165) is 0 Å². The molecule has 0 aliphatic carbocycles. The number of benzene rings is 2. The minimum absolute atomic E-state index is 0.124. The van der Waals surface area contributed by atoms with Gasteiger partial charge in [0.25, 0.3) is 0 Å². The summed E-state index contributed by atoms with van der Waals surface area (Å²) >= 11 is 0. The number of carbonyl (C=O) groups is 3. The fourth-order valence-electron chi connectivity index (χ4n) is 3.73. The summed E-state index contributed by atoms with van der Waals surface area (Å²) in [5.41, 5.74) is 1.92. The number of urea groups is 1. The normalized spacial score (nSPS) is 17.6. The van der Waals surface area contributed by atoms with Gasteiger partial charge in [0.05, 0.1) is 23.9 Å². The Kier molecular flexibility index (Phi) is 5.81. The van der Waals surface area contributed by atoms with E-state index in [2.05, 4.69) is 10.6 Å². The lowest BCUT2D eigenvalue weighted by Gasteiger charge is -2.33. The first-order valence-corrected chi connectivity index (χ1v) is 10.1. The molecule has 2 aliphatic rings. The van der Waals surface area contributed by atoms with E-state index in [-0.39, 0.29) is 24.4 Å². The molecule has 4 rings (SSSR count). The van der Waals surface area contributed by atoms with Crippen LogP contribution in [-0.4, -0.2) is 42.6 Å². The van der Waals surface area contributed by atoms with E-state index in [1.807, 2.05) is 6.92 Å². The molecule has 0 bridgehead atoms. The average molecular weight is 439 g/mol. The van der Waals surface area contributed by atoms with Crippen LogP contribution < -0.4 is 15.4 Å². The number of nitrogens with zero attached hydrogens (tertiary/aromatic N) is 1. The number of aryl methyl sites for hydroxylation is 1. The second-order valence-electron chi connectivity index (χ2n) is 7.39. The van der Waals surface area contributed by atoms with E-state index in [1.54, 1.807) is 43.3 Å². The van der Waals surface area contributed by atoms with Crippen molar-refractivity contribution < 1.29 is 28.2 Å². The second kappa shape index (κ2) is 8.70. The number of carbonyl (C=O) groups excluding carboxylic acids is 3. The predicted octanol–water partition coefficient (Wildman–Crippen LogP) is 3.05. The lowest BCUT2D eigenvalue weighted by Crippen LogP contribution is -2.49. The summed E-state index contributed by atoms with van der Waals surface area (Å²) in [5.74, 6) is -1.02. The number of amides is 3. The summed E-state index contributed by atoms with van der Waals surface area (Å²) in [4.78, 5) is 39.2. The molecule has 2 heterocycles. The van der Waals surface area contributed by atoms with Crippen molar-refractivity contribution in [2.24, 2.45) is 0 Å². The summed E-state index contributed by atoms with van der Waals surface area (Å²) in [6.07, 6.45) is 0. The van der Waals surface area contributed by atoms with Crippen molar-refractivity contribution in [2.45, 2.75) is 19.9 Å². The molecule has 2 aromatic carbocycles. The molecule has 0 unspecified atom stereocenters. The summed E-state index contributed by atoms with van der Waals surface area (Å²) in [5, 5.41) is 5.35. The van der Waals surface area contributed by atoms with Crippen LogP contribution in [0.2, 0.25) is 0 Å². The first-order valence-electron chi connectivity index (χ1n) is 10.1. The summed E-state index contributed by atoms with van der Waals surface area (Å²) < 4.78 is 24.6. The molecule has 3 amide bonds. The van der Waals surface area contributed by atoms with Crippen molar-refractivity contribution in [3.63, 3.8) is 0 Å². The van der Waals surface area contributed by atoms with Crippen LogP contribution in [0, 0.1) is 12.7 Å². The van der Waals surface area contributed by atoms with Gasteiger partial charge in [-0.1, -0.05) is 24.3 Å². The molecular weight excluding hydrogens is 417 g/mol. The van der Waals surface area contributed by atoms with Gasteiger partial charge in [-0.05, 0) is 37.6 Å². The monoisotopic (exact) mass is 439 g/mol. The molecule has 0 fully saturated rings. The van der Waals surface area contributed by atoms with E-state index in [9.17, 15) is 18.8 Å². The van der Waals surface area contributed by atoms with Gasteiger partial charge in [0, 0.05) is 11.3 Å². The van der Waals surface area contributed by atoms with Crippen molar-refractivity contribution in [1.29, 1.82) is 0 Å². The predicted molar refractivity (Wildman–Crippen MR) is 113 cm³/mol. The highest BCUT2D eigenvalue weighted by Crippen LogP contribution is 2.38. The minimum Gasteiger partial charge on any atom is -0.494 e. The molecule has 166 valence electrons. The number of esters is 1. The van der Waals surface area contributed by atoms with Gasteiger partial charge in [-0.3, -0.25) is 9.69 Å². The Bertz CT molecular complexity index is 1130. The van der Waals surface area contributed by atoms with Crippen LogP contribution in [0.5, 0.6) is 5.75 Å². The van der Waals surface area contributed by atoms with Crippen molar-refractivity contribution in [1.82, 2.24) is 10.2 Å². The Hall–Kier alpha value is -3.88. The Labute approximate surface area is 184 Å². The Balaban J connectivity index is 1.60. The zero-order valence-electron chi connectivity index (χ0n) is 17.6. The lowest BCUT2D eigenvalue weighted by atomic mass is 9.95. The maximum Gasteiger partial charge on any atom is 0.338 e. The molecule has 8 nitrogen and oxygen atoms in total. The zero-order valence-corrected chi connectivity index (χ0v) is 17.6. The average Bonchev–Trinajstić information content (AvgIpc) is 3.15. The SMILES string of the molecule is CCOc1ccccc1[C@@H]1NC(=O)N(CC(=O)Nc2ccc(C)c(F)c2)C2=C1C(=O)OC2. The molecule has 0 saturated heterocycles. The first kappa shape index (κ1) is 21.4.